The van der Waals surface area contributed by atoms with Gasteiger partial charge in [-0.05, 0) is 31.5 Å². The van der Waals surface area contributed by atoms with Gasteiger partial charge in [0.1, 0.15) is 11.9 Å². The van der Waals surface area contributed by atoms with Crippen LogP contribution in [0.3, 0.4) is 0 Å². The SMILES string of the molecule is CCOC(=O)c1nnc(Cc2nc3cc(C)ccc3o2)o1. The number of esters is 1. The molecule has 0 fully saturated rings. The first kappa shape index (κ1) is 13.3. The largest absolute Gasteiger partial charge is 0.459 e. The van der Waals surface area contributed by atoms with Crippen LogP contribution < -0.4 is 0 Å². The van der Waals surface area contributed by atoms with Gasteiger partial charge in [-0.3, -0.25) is 0 Å². The van der Waals surface area contributed by atoms with E-state index in [2.05, 4.69) is 15.2 Å². The number of hydrogen-bond acceptors (Lipinski definition) is 7. The summed E-state index contributed by atoms with van der Waals surface area (Å²) in [5, 5.41) is 7.42. The smallest absolute Gasteiger partial charge is 0.396 e. The van der Waals surface area contributed by atoms with Gasteiger partial charge in [0.2, 0.25) is 11.8 Å². The van der Waals surface area contributed by atoms with Gasteiger partial charge in [-0.25, -0.2) is 9.78 Å². The molecule has 0 amide bonds. The Labute approximate surface area is 119 Å². The van der Waals surface area contributed by atoms with E-state index in [9.17, 15) is 4.79 Å². The summed E-state index contributed by atoms with van der Waals surface area (Å²) in [6.07, 6.45) is 0.222. The molecule has 0 saturated heterocycles. The minimum atomic E-state index is -0.635. The lowest BCUT2D eigenvalue weighted by atomic mass is 10.2. The molecule has 1 aromatic carbocycles. The summed E-state index contributed by atoms with van der Waals surface area (Å²) >= 11 is 0. The highest BCUT2D eigenvalue weighted by Gasteiger charge is 2.17. The van der Waals surface area contributed by atoms with Crippen molar-refractivity contribution in [3.05, 3.63) is 41.4 Å². The normalized spacial score (nSPS) is 11.0. The van der Waals surface area contributed by atoms with E-state index in [-0.39, 0.29) is 24.8 Å². The van der Waals surface area contributed by atoms with Crippen LogP contribution in [0.5, 0.6) is 0 Å². The zero-order chi connectivity index (χ0) is 14.8. The van der Waals surface area contributed by atoms with E-state index in [1.807, 2.05) is 25.1 Å². The maximum atomic E-state index is 11.4. The third kappa shape index (κ3) is 2.76. The number of carbonyl (C=O) groups excluding carboxylic acids is 1. The van der Waals surface area contributed by atoms with Crippen LogP contribution in [0, 0.1) is 6.92 Å². The minimum Gasteiger partial charge on any atom is -0.459 e. The van der Waals surface area contributed by atoms with Gasteiger partial charge in [0.25, 0.3) is 0 Å². The van der Waals surface area contributed by atoms with Gasteiger partial charge in [-0.15, -0.1) is 10.2 Å². The van der Waals surface area contributed by atoms with Gasteiger partial charge in [0.05, 0.1) is 6.61 Å². The maximum Gasteiger partial charge on any atom is 0.396 e. The average Bonchev–Trinajstić information content (AvgIpc) is 3.05. The second-order valence-corrected chi connectivity index (χ2v) is 4.48. The molecule has 0 aliphatic heterocycles. The third-order valence-corrected chi connectivity index (χ3v) is 2.81. The van der Waals surface area contributed by atoms with Gasteiger partial charge in [-0.1, -0.05) is 6.07 Å². The minimum absolute atomic E-state index is 0.168. The molecule has 21 heavy (non-hydrogen) atoms. The number of nitrogens with zero attached hydrogens (tertiary/aromatic N) is 3. The molecule has 0 saturated carbocycles. The summed E-state index contributed by atoms with van der Waals surface area (Å²) < 4.78 is 15.6. The number of oxazole rings is 1. The maximum absolute atomic E-state index is 11.4. The van der Waals surface area contributed by atoms with Crippen molar-refractivity contribution in [2.24, 2.45) is 0 Å². The van der Waals surface area contributed by atoms with Crippen LogP contribution in [0.25, 0.3) is 11.1 Å². The summed E-state index contributed by atoms with van der Waals surface area (Å²) in [5.41, 5.74) is 2.57. The average molecular weight is 287 g/mol. The molecule has 0 aliphatic rings. The molecular weight excluding hydrogens is 274 g/mol. The van der Waals surface area contributed by atoms with E-state index in [4.69, 9.17) is 13.6 Å². The predicted molar refractivity (Wildman–Crippen MR) is 71.8 cm³/mol. The van der Waals surface area contributed by atoms with Crippen LogP contribution in [0.4, 0.5) is 0 Å². The first-order valence-corrected chi connectivity index (χ1v) is 6.51. The zero-order valence-electron chi connectivity index (χ0n) is 11.6. The Morgan fingerprint density at radius 1 is 1.24 bits per heavy atom. The molecule has 0 aliphatic carbocycles. The van der Waals surface area contributed by atoms with E-state index in [0.29, 0.717) is 11.5 Å². The lowest BCUT2D eigenvalue weighted by molar-refractivity contribution is 0.0478. The van der Waals surface area contributed by atoms with Crippen LogP contribution in [0.2, 0.25) is 0 Å². The second kappa shape index (κ2) is 5.35. The fourth-order valence-corrected chi connectivity index (χ4v) is 1.89. The first-order chi connectivity index (χ1) is 10.2. The Morgan fingerprint density at radius 2 is 2.10 bits per heavy atom. The second-order valence-electron chi connectivity index (χ2n) is 4.48. The van der Waals surface area contributed by atoms with E-state index >= 15 is 0 Å². The molecule has 2 heterocycles. The number of ether oxygens (including phenoxy) is 1. The molecule has 2 aromatic heterocycles. The molecule has 0 bridgehead atoms. The van der Waals surface area contributed by atoms with Gasteiger partial charge in [0, 0.05) is 0 Å². The Bertz CT molecular complexity index is 790. The zero-order valence-corrected chi connectivity index (χ0v) is 11.6. The first-order valence-electron chi connectivity index (χ1n) is 6.51. The van der Waals surface area contributed by atoms with Crippen LogP contribution in [0.15, 0.2) is 27.0 Å². The van der Waals surface area contributed by atoms with Crippen molar-refractivity contribution in [1.82, 2.24) is 15.2 Å². The number of fused-ring (bicyclic) bond motifs is 1. The fraction of sp³-hybridized carbons (Fsp3) is 0.286. The number of aromatic nitrogens is 3. The molecule has 0 unspecified atom stereocenters. The monoisotopic (exact) mass is 287 g/mol. The van der Waals surface area contributed by atoms with E-state index in [0.717, 1.165) is 11.1 Å². The van der Waals surface area contributed by atoms with Gasteiger partial charge < -0.3 is 13.6 Å². The van der Waals surface area contributed by atoms with Crippen molar-refractivity contribution in [2.45, 2.75) is 20.3 Å². The molecule has 7 nitrogen and oxygen atoms in total. The highest BCUT2D eigenvalue weighted by Crippen LogP contribution is 2.18. The summed E-state index contributed by atoms with van der Waals surface area (Å²) in [4.78, 5) is 15.8. The molecule has 0 atom stereocenters. The van der Waals surface area contributed by atoms with Gasteiger partial charge in [-0.2, -0.15) is 0 Å². The molecule has 0 radical (unpaired) electrons. The van der Waals surface area contributed by atoms with Crippen molar-refractivity contribution in [1.29, 1.82) is 0 Å². The Balaban J connectivity index is 1.80. The molecule has 0 spiro atoms. The van der Waals surface area contributed by atoms with Gasteiger partial charge in [0.15, 0.2) is 5.58 Å². The van der Waals surface area contributed by atoms with Crippen molar-refractivity contribution in [2.75, 3.05) is 6.61 Å². The number of rotatable bonds is 4. The van der Waals surface area contributed by atoms with Crippen molar-refractivity contribution in [3.8, 4) is 0 Å². The van der Waals surface area contributed by atoms with Gasteiger partial charge >= 0.3 is 11.9 Å². The predicted octanol–water partition coefficient (Wildman–Crippen LogP) is 2.29. The lowest BCUT2D eigenvalue weighted by Gasteiger charge is -1.94. The summed E-state index contributed by atoms with van der Waals surface area (Å²) in [6, 6.07) is 5.74. The summed E-state index contributed by atoms with van der Waals surface area (Å²) in [5.74, 6) is -0.0979. The highest BCUT2D eigenvalue weighted by atomic mass is 16.5. The lowest BCUT2D eigenvalue weighted by Crippen LogP contribution is -2.04. The fourth-order valence-electron chi connectivity index (χ4n) is 1.89. The molecule has 7 heteroatoms. The van der Waals surface area contributed by atoms with Crippen LogP contribution in [0.1, 0.15) is 35.0 Å². The molecular formula is C14H13N3O4. The van der Waals surface area contributed by atoms with E-state index < -0.39 is 5.97 Å². The number of carbonyl (C=O) groups is 1. The number of aryl methyl sites for hydroxylation is 1. The molecule has 108 valence electrons. The Morgan fingerprint density at radius 3 is 2.90 bits per heavy atom. The number of hydrogen-bond donors (Lipinski definition) is 0. The third-order valence-electron chi connectivity index (χ3n) is 2.81. The Hall–Kier alpha value is -2.70. The summed E-state index contributed by atoms with van der Waals surface area (Å²) in [7, 11) is 0. The van der Waals surface area contributed by atoms with Crippen LogP contribution in [-0.2, 0) is 11.2 Å². The van der Waals surface area contributed by atoms with Crippen molar-refractivity contribution < 1.29 is 18.4 Å². The Kier molecular flexibility index (Phi) is 3.39. The molecule has 3 rings (SSSR count). The highest BCUT2D eigenvalue weighted by molar-refractivity contribution is 5.83. The van der Waals surface area contributed by atoms with Crippen molar-refractivity contribution in [3.63, 3.8) is 0 Å². The van der Waals surface area contributed by atoms with Crippen LogP contribution >= 0.6 is 0 Å². The topological polar surface area (TPSA) is 91.2 Å². The molecule has 0 N–H and O–H groups in total. The van der Waals surface area contributed by atoms with Crippen molar-refractivity contribution >= 4 is 17.1 Å². The quantitative estimate of drug-likeness (QED) is 0.680. The molecule has 3 aromatic rings. The summed E-state index contributed by atoms with van der Waals surface area (Å²) in [6.45, 7) is 3.94. The van der Waals surface area contributed by atoms with E-state index in [1.165, 1.54) is 0 Å². The standard InChI is InChI=1S/C14H13N3O4/c1-3-19-14(18)13-17-16-12(21-13)7-11-15-9-6-8(2)4-5-10(9)20-11/h4-6H,3,7H2,1-2H3. The number of benzene rings is 1. The van der Waals surface area contributed by atoms with E-state index in [1.54, 1.807) is 6.92 Å². The van der Waals surface area contributed by atoms with Crippen LogP contribution in [-0.4, -0.2) is 27.8 Å².